The number of rotatable bonds is 8. The number of carbonyl (C=O) groups excluding carboxylic acids is 2. The minimum atomic E-state index is -1.57. The molecule has 0 spiro atoms. The van der Waals surface area contributed by atoms with E-state index in [0.717, 1.165) is 0 Å². The molecular formula is C10H17O7. The zero-order valence-electron chi connectivity index (χ0n) is 9.63. The van der Waals surface area contributed by atoms with Crippen molar-refractivity contribution in [3.63, 3.8) is 0 Å². The first-order chi connectivity index (χ1) is 8.04. The second-order valence-corrected chi connectivity index (χ2v) is 3.30. The van der Waals surface area contributed by atoms with Gasteiger partial charge in [-0.1, -0.05) is 6.92 Å². The van der Waals surface area contributed by atoms with Gasteiger partial charge in [-0.05, 0) is 6.42 Å². The van der Waals surface area contributed by atoms with Crippen molar-refractivity contribution in [2.45, 2.75) is 38.6 Å². The van der Waals surface area contributed by atoms with Crippen LogP contribution < -0.4 is 0 Å². The molecule has 7 heteroatoms. The molecular weight excluding hydrogens is 232 g/mol. The van der Waals surface area contributed by atoms with E-state index in [0.29, 0.717) is 6.42 Å². The maximum Gasteiger partial charge on any atom is 0.311 e. The molecule has 0 rings (SSSR count). The van der Waals surface area contributed by atoms with Crippen LogP contribution in [-0.2, 0) is 24.2 Å². The molecule has 0 aliphatic carbocycles. The first-order valence-corrected chi connectivity index (χ1v) is 5.31. The van der Waals surface area contributed by atoms with Crippen LogP contribution in [0.2, 0.25) is 0 Å². The van der Waals surface area contributed by atoms with Crippen LogP contribution >= 0.6 is 0 Å². The summed E-state index contributed by atoms with van der Waals surface area (Å²) in [5.41, 5.74) is 0. The summed E-state index contributed by atoms with van der Waals surface area (Å²) < 4.78 is 9.24. The summed E-state index contributed by atoms with van der Waals surface area (Å²) in [5, 5.41) is 28.1. The van der Waals surface area contributed by atoms with Crippen molar-refractivity contribution in [3.8, 4) is 0 Å². The average molecular weight is 249 g/mol. The van der Waals surface area contributed by atoms with E-state index in [2.05, 4.69) is 9.47 Å². The van der Waals surface area contributed by atoms with Gasteiger partial charge in [-0.2, -0.15) is 0 Å². The summed E-state index contributed by atoms with van der Waals surface area (Å²) in [4.78, 5) is 22.2. The molecule has 0 aromatic carbocycles. The zero-order chi connectivity index (χ0) is 13.3. The molecule has 0 bridgehead atoms. The molecule has 0 aromatic heterocycles. The molecule has 0 fully saturated rings. The van der Waals surface area contributed by atoms with Crippen molar-refractivity contribution in [2.24, 2.45) is 0 Å². The van der Waals surface area contributed by atoms with Crippen molar-refractivity contribution < 1.29 is 34.4 Å². The highest BCUT2D eigenvalue weighted by atomic mass is 16.7. The summed E-state index contributed by atoms with van der Waals surface area (Å²) >= 11 is 0. The Hall–Kier alpha value is -1.18. The molecule has 0 aliphatic rings. The molecule has 0 amide bonds. The minimum Gasteiger partial charge on any atom is -0.422 e. The van der Waals surface area contributed by atoms with Gasteiger partial charge >= 0.3 is 11.9 Å². The van der Waals surface area contributed by atoms with Crippen LogP contribution in [0.1, 0.15) is 26.2 Å². The lowest BCUT2D eigenvalue weighted by molar-refractivity contribution is -0.210. The predicted octanol–water partition coefficient (Wildman–Crippen LogP) is -0.627. The van der Waals surface area contributed by atoms with Crippen LogP contribution in [0.4, 0.5) is 0 Å². The number of esters is 2. The monoisotopic (exact) mass is 249 g/mol. The van der Waals surface area contributed by atoms with Crippen molar-refractivity contribution in [3.05, 3.63) is 0 Å². The minimum absolute atomic E-state index is 0.105. The molecule has 2 atom stereocenters. The van der Waals surface area contributed by atoms with Crippen molar-refractivity contribution >= 4 is 11.9 Å². The van der Waals surface area contributed by atoms with Gasteiger partial charge in [0.15, 0.2) is 6.10 Å². The lowest BCUT2D eigenvalue weighted by atomic mass is 10.3. The lowest BCUT2D eigenvalue weighted by Gasteiger charge is -2.21. The Kier molecular flexibility index (Phi) is 8.29. The van der Waals surface area contributed by atoms with E-state index in [1.165, 1.54) is 0 Å². The Morgan fingerprint density at radius 1 is 1.18 bits per heavy atom. The number of hydrogen-bond acceptors (Lipinski definition) is 6. The number of hydrogen-bond donors (Lipinski definition) is 2. The Morgan fingerprint density at radius 2 is 1.71 bits per heavy atom. The quantitative estimate of drug-likeness (QED) is 0.437. The molecule has 0 heterocycles. The number of ether oxygens (including phenoxy) is 2. The van der Waals surface area contributed by atoms with E-state index in [9.17, 15) is 19.8 Å². The Morgan fingerprint density at radius 3 is 2.12 bits per heavy atom. The van der Waals surface area contributed by atoms with Gasteiger partial charge in [0.05, 0.1) is 19.6 Å². The van der Waals surface area contributed by atoms with E-state index in [1.54, 1.807) is 6.92 Å². The predicted molar refractivity (Wildman–Crippen MR) is 54.1 cm³/mol. The highest BCUT2D eigenvalue weighted by molar-refractivity contribution is 5.71. The fourth-order valence-corrected chi connectivity index (χ4v) is 0.932. The van der Waals surface area contributed by atoms with Gasteiger partial charge in [0.2, 0.25) is 0 Å². The van der Waals surface area contributed by atoms with Crippen LogP contribution in [0.5, 0.6) is 0 Å². The third-order valence-corrected chi connectivity index (χ3v) is 1.76. The second kappa shape index (κ2) is 8.91. The maximum absolute atomic E-state index is 11.1. The Bertz CT molecular complexity index is 221. The number of aliphatic hydroxyl groups excluding tert-OH is 2. The normalized spacial score (nSPS) is 13.9. The molecule has 2 unspecified atom stereocenters. The Balaban J connectivity index is 4.33. The van der Waals surface area contributed by atoms with E-state index >= 15 is 0 Å². The maximum atomic E-state index is 11.1. The topological polar surface area (TPSA) is 113 Å². The molecule has 7 nitrogen and oxygen atoms in total. The molecule has 1 radical (unpaired) electrons. The van der Waals surface area contributed by atoms with Gasteiger partial charge < -0.3 is 19.7 Å². The van der Waals surface area contributed by atoms with Gasteiger partial charge in [0, 0.05) is 6.42 Å². The Labute approximate surface area is 99.0 Å². The molecule has 2 N–H and O–H groups in total. The van der Waals surface area contributed by atoms with Gasteiger partial charge in [-0.15, -0.1) is 0 Å². The van der Waals surface area contributed by atoms with Crippen LogP contribution in [0.25, 0.3) is 0 Å². The van der Waals surface area contributed by atoms with Gasteiger partial charge in [-0.25, -0.2) is 5.11 Å². The molecule has 0 saturated carbocycles. The SMILES string of the molecule is CCCC(=O)OC(OC(=O)CC[O])C(O)CO. The van der Waals surface area contributed by atoms with Crippen molar-refractivity contribution in [1.29, 1.82) is 0 Å². The highest BCUT2D eigenvalue weighted by Gasteiger charge is 2.26. The first-order valence-electron chi connectivity index (χ1n) is 5.31. The van der Waals surface area contributed by atoms with Gasteiger partial charge in [0.1, 0.15) is 0 Å². The zero-order valence-corrected chi connectivity index (χ0v) is 9.63. The smallest absolute Gasteiger partial charge is 0.311 e. The third kappa shape index (κ3) is 6.88. The van der Waals surface area contributed by atoms with E-state index in [4.69, 9.17) is 5.11 Å². The molecule has 0 saturated heterocycles. The third-order valence-electron chi connectivity index (χ3n) is 1.76. The van der Waals surface area contributed by atoms with Crippen molar-refractivity contribution in [1.82, 2.24) is 0 Å². The van der Waals surface area contributed by atoms with E-state index < -0.39 is 37.5 Å². The highest BCUT2D eigenvalue weighted by Crippen LogP contribution is 2.06. The second-order valence-electron chi connectivity index (χ2n) is 3.30. The van der Waals surface area contributed by atoms with Crippen LogP contribution in [0.15, 0.2) is 0 Å². The average Bonchev–Trinajstić information content (AvgIpc) is 2.27. The summed E-state index contributed by atoms with van der Waals surface area (Å²) in [6.07, 6.45) is -2.84. The number of carbonyl (C=O) groups is 2. The molecule has 99 valence electrons. The van der Waals surface area contributed by atoms with E-state index in [1.807, 2.05) is 0 Å². The summed E-state index contributed by atoms with van der Waals surface area (Å²) in [6, 6.07) is 0. The molecule has 17 heavy (non-hydrogen) atoms. The van der Waals surface area contributed by atoms with Crippen molar-refractivity contribution in [2.75, 3.05) is 13.2 Å². The fourth-order valence-electron chi connectivity index (χ4n) is 0.932. The van der Waals surface area contributed by atoms with Crippen LogP contribution in [0, 0.1) is 0 Å². The van der Waals surface area contributed by atoms with Crippen LogP contribution in [-0.4, -0.2) is 47.8 Å². The largest absolute Gasteiger partial charge is 0.422 e. The summed E-state index contributed by atoms with van der Waals surface area (Å²) in [5.74, 6) is -1.54. The number of aliphatic hydroxyl groups is 2. The summed E-state index contributed by atoms with van der Waals surface area (Å²) in [6.45, 7) is 0.362. The van der Waals surface area contributed by atoms with E-state index in [-0.39, 0.29) is 12.8 Å². The van der Waals surface area contributed by atoms with Gasteiger partial charge in [-0.3, -0.25) is 9.59 Å². The standard InChI is InChI=1S/C10H17O7/c1-2-3-8(14)16-10(7(13)6-12)17-9(15)4-5-11/h7,10,12-13H,2-6H2,1H3. The molecule has 0 aliphatic heterocycles. The van der Waals surface area contributed by atoms with Gasteiger partial charge in [0.25, 0.3) is 6.29 Å². The van der Waals surface area contributed by atoms with Crippen LogP contribution in [0.3, 0.4) is 0 Å². The first kappa shape index (κ1) is 15.8. The lowest BCUT2D eigenvalue weighted by Crippen LogP contribution is -2.38. The molecule has 0 aromatic rings. The summed E-state index contributed by atoms with van der Waals surface area (Å²) in [7, 11) is 0. The fraction of sp³-hybridized carbons (Fsp3) is 0.800.